The molecule has 5 aromatic rings. The number of hydrogen-bond donors (Lipinski definition) is 6. The molecule has 0 bridgehead atoms. The van der Waals surface area contributed by atoms with E-state index in [-0.39, 0.29) is 30.5 Å². The quantitative estimate of drug-likeness (QED) is 0.0525. The third-order valence-corrected chi connectivity index (χ3v) is 11.4. The number of hydrogen-bond acceptors (Lipinski definition) is 11. The lowest BCUT2D eigenvalue weighted by Crippen LogP contribution is -2.27. The zero-order chi connectivity index (χ0) is 46.9. The summed E-state index contributed by atoms with van der Waals surface area (Å²) in [5, 5.41) is 58.7. The molecule has 3 aromatic carbocycles. The number of para-hydroxylation sites is 1. The molecule has 6 rings (SSSR count). The Labute approximate surface area is 370 Å². The Morgan fingerprint density at radius 1 is 0.750 bits per heavy atom. The highest BCUT2D eigenvalue weighted by Gasteiger charge is 2.30. The predicted octanol–water partition coefficient (Wildman–Crippen LogP) is 6.92. The van der Waals surface area contributed by atoms with Crippen molar-refractivity contribution in [2.45, 2.75) is 88.6 Å². The minimum absolute atomic E-state index is 0.0601. The van der Waals surface area contributed by atoms with Crippen molar-refractivity contribution < 1.29 is 57.4 Å². The zero-order valence-corrected chi connectivity index (χ0v) is 36.5. The van der Waals surface area contributed by atoms with Crippen LogP contribution < -0.4 is 4.31 Å². The Bertz CT molecular complexity index is 2600. The smallest absolute Gasteiger partial charge is 0.305 e. The minimum Gasteiger partial charge on any atom is -0.481 e. The van der Waals surface area contributed by atoms with Crippen molar-refractivity contribution >= 4 is 51.0 Å². The molecule has 17 heteroatoms. The van der Waals surface area contributed by atoms with Crippen LogP contribution in [-0.4, -0.2) is 104 Å². The summed E-state index contributed by atoms with van der Waals surface area (Å²) in [4.78, 5) is 35.2. The molecule has 2 heterocycles. The van der Waals surface area contributed by atoms with Crippen molar-refractivity contribution in [1.29, 1.82) is 0 Å². The molecule has 0 radical (unpaired) electrons. The maximum atomic E-state index is 13.6. The fourth-order valence-corrected chi connectivity index (χ4v) is 7.28. The van der Waals surface area contributed by atoms with Crippen molar-refractivity contribution in [3.63, 3.8) is 0 Å². The van der Waals surface area contributed by atoms with Crippen molar-refractivity contribution in [2.75, 3.05) is 17.6 Å². The van der Waals surface area contributed by atoms with Crippen LogP contribution in [0.1, 0.15) is 86.7 Å². The highest BCUT2D eigenvalue weighted by molar-refractivity contribution is 7.92. The number of aliphatic hydroxyl groups excluding tert-OH is 4. The number of sulfonamides is 1. The van der Waals surface area contributed by atoms with E-state index in [9.17, 15) is 47.2 Å². The molecular formula is C47H52F2N4O10S. The summed E-state index contributed by atoms with van der Waals surface area (Å²) in [6, 6.07) is 19.6. The number of fused-ring (bicyclic) bond motifs is 1. The first-order chi connectivity index (χ1) is 30.2. The highest BCUT2D eigenvalue weighted by atomic mass is 32.2. The normalized spacial score (nSPS) is 14.9. The summed E-state index contributed by atoms with van der Waals surface area (Å²) in [5.74, 6) is -2.97. The number of carbonyl (C=O) groups is 2. The van der Waals surface area contributed by atoms with Gasteiger partial charge in [0.05, 0.1) is 66.1 Å². The number of carboxylic acid groups (broad SMARTS) is 2. The third-order valence-electron chi connectivity index (χ3n) is 10.3. The number of anilines is 1. The standard InChI is InChI=1S/C25H24FNO4.C22H28FN3O6S/c26-17-9-7-15(8-10-17)24-20-3-1-2-4-22(20)27-25(16-5-6-16)21(24)12-11-18(28)13-19(29)14-23(30)31;1-13(2)20-18(10-9-16(27)11-17(28)12-19(29)30)21(14-5-7-15(23)8-6-14)25-22(24-20)26(3)33(4,31)32/h1-4,7-12,16,18-19,28-29H,5-6,13-14H2,(H,30,31);5-10,13,16-17,27-28H,11-12H2,1-4H3,(H,29,30)/b12-11+;10-9+/t18-,19-;16-,17-/m11/s1. The lowest BCUT2D eigenvalue weighted by molar-refractivity contribution is -0.140. The number of aromatic nitrogens is 3. The van der Waals surface area contributed by atoms with E-state index in [2.05, 4.69) is 9.97 Å². The summed E-state index contributed by atoms with van der Waals surface area (Å²) in [7, 11) is -2.33. The topological polar surface area (TPSA) is 232 Å². The van der Waals surface area contributed by atoms with Gasteiger partial charge in [-0.25, -0.2) is 31.5 Å². The summed E-state index contributed by atoms with van der Waals surface area (Å²) >= 11 is 0. The lowest BCUT2D eigenvalue weighted by Gasteiger charge is -2.20. The van der Waals surface area contributed by atoms with Gasteiger partial charge in [0, 0.05) is 53.4 Å². The molecule has 0 spiro atoms. The van der Waals surface area contributed by atoms with Crippen molar-refractivity contribution in [2.24, 2.45) is 0 Å². The van der Waals surface area contributed by atoms with Gasteiger partial charge < -0.3 is 30.6 Å². The van der Waals surface area contributed by atoms with Gasteiger partial charge in [-0.2, -0.15) is 0 Å². The number of halogens is 2. The first-order valence-electron chi connectivity index (χ1n) is 20.5. The van der Waals surface area contributed by atoms with E-state index < -0.39 is 65.0 Å². The van der Waals surface area contributed by atoms with Crippen LogP contribution in [0.15, 0.2) is 84.9 Å². The molecule has 1 aliphatic carbocycles. The second kappa shape index (κ2) is 21.6. The molecule has 0 unspecified atom stereocenters. The molecule has 1 aliphatic rings. The Hall–Kier alpha value is -5.98. The highest BCUT2D eigenvalue weighted by Crippen LogP contribution is 2.45. The molecule has 1 fully saturated rings. The van der Waals surface area contributed by atoms with E-state index >= 15 is 0 Å². The minimum atomic E-state index is -3.65. The summed E-state index contributed by atoms with van der Waals surface area (Å²) in [5.41, 5.74) is 6.23. The maximum Gasteiger partial charge on any atom is 0.305 e. The number of rotatable bonds is 18. The number of carboxylic acids is 2. The molecule has 0 saturated heterocycles. The second-order valence-corrected chi connectivity index (χ2v) is 18.0. The van der Waals surface area contributed by atoms with Gasteiger partial charge in [-0.15, -0.1) is 0 Å². The van der Waals surface area contributed by atoms with Gasteiger partial charge >= 0.3 is 11.9 Å². The molecule has 0 aliphatic heterocycles. The van der Waals surface area contributed by atoms with E-state index in [1.54, 1.807) is 24.3 Å². The van der Waals surface area contributed by atoms with Gasteiger partial charge in [-0.3, -0.25) is 14.6 Å². The van der Waals surface area contributed by atoms with Crippen molar-refractivity contribution in [3.8, 4) is 22.4 Å². The molecule has 14 nitrogen and oxygen atoms in total. The monoisotopic (exact) mass is 902 g/mol. The van der Waals surface area contributed by atoms with Gasteiger partial charge in [0.25, 0.3) is 0 Å². The van der Waals surface area contributed by atoms with E-state index in [0.29, 0.717) is 28.4 Å². The van der Waals surface area contributed by atoms with Crippen LogP contribution in [0, 0.1) is 11.6 Å². The lowest BCUT2D eigenvalue weighted by atomic mass is 9.92. The summed E-state index contributed by atoms with van der Waals surface area (Å²) < 4.78 is 52.2. The zero-order valence-electron chi connectivity index (χ0n) is 35.7. The molecule has 4 atom stereocenters. The number of aliphatic carboxylic acids is 2. The third kappa shape index (κ3) is 13.5. The molecule has 2 aromatic heterocycles. The van der Waals surface area contributed by atoms with Gasteiger partial charge in [-0.05, 0) is 66.8 Å². The largest absolute Gasteiger partial charge is 0.481 e. The molecular weight excluding hydrogens is 851 g/mol. The molecule has 340 valence electrons. The Morgan fingerprint density at radius 2 is 1.25 bits per heavy atom. The second-order valence-electron chi connectivity index (χ2n) is 16.0. The summed E-state index contributed by atoms with van der Waals surface area (Å²) in [6.07, 6.45) is 3.66. The predicted molar refractivity (Wildman–Crippen MR) is 240 cm³/mol. The van der Waals surface area contributed by atoms with Gasteiger partial charge in [-0.1, -0.05) is 68.5 Å². The van der Waals surface area contributed by atoms with Crippen LogP contribution in [0.2, 0.25) is 0 Å². The molecule has 1 saturated carbocycles. The molecule has 6 N–H and O–H groups in total. The first-order valence-corrected chi connectivity index (χ1v) is 22.4. The van der Waals surface area contributed by atoms with Crippen LogP contribution in [0.25, 0.3) is 45.4 Å². The average Bonchev–Trinajstić information content (AvgIpc) is 4.07. The Morgan fingerprint density at radius 3 is 1.73 bits per heavy atom. The van der Waals surface area contributed by atoms with E-state index in [1.807, 2.05) is 38.1 Å². The van der Waals surface area contributed by atoms with Crippen LogP contribution in [-0.2, 0) is 19.6 Å². The fraction of sp³-hybridized carbons (Fsp3) is 0.340. The molecule has 0 amide bonds. The maximum absolute atomic E-state index is 13.6. The van der Waals surface area contributed by atoms with E-state index in [0.717, 1.165) is 56.7 Å². The van der Waals surface area contributed by atoms with Crippen LogP contribution in [0.5, 0.6) is 0 Å². The van der Waals surface area contributed by atoms with E-state index in [4.69, 9.17) is 15.2 Å². The van der Waals surface area contributed by atoms with Gasteiger partial charge in [0.2, 0.25) is 16.0 Å². The Kier molecular flexibility index (Phi) is 16.6. The van der Waals surface area contributed by atoms with E-state index in [1.165, 1.54) is 55.6 Å². The fourth-order valence-electron chi connectivity index (χ4n) is 6.90. The van der Waals surface area contributed by atoms with Crippen molar-refractivity contribution in [3.05, 3.63) is 119 Å². The van der Waals surface area contributed by atoms with Crippen LogP contribution >= 0.6 is 0 Å². The van der Waals surface area contributed by atoms with Crippen LogP contribution in [0.3, 0.4) is 0 Å². The van der Waals surface area contributed by atoms with Gasteiger partial charge in [0.1, 0.15) is 11.6 Å². The first kappa shape index (κ1) is 49.0. The number of aliphatic hydroxyl groups is 4. The Balaban J connectivity index is 0.000000241. The summed E-state index contributed by atoms with van der Waals surface area (Å²) in [6.45, 7) is 3.71. The average molecular weight is 903 g/mol. The molecule has 64 heavy (non-hydrogen) atoms. The number of benzene rings is 3. The van der Waals surface area contributed by atoms with Gasteiger partial charge in [0.15, 0.2) is 0 Å². The SMILES string of the molecule is CC(C)c1nc(N(C)S(C)(=O)=O)nc(-c2ccc(F)cc2)c1/C=C/[C@@H](O)C[C@@H](O)CC(=O)O.O=C(O)C[C@H](O)C[C@H](O)/C=C/c1c(C2CC2)nc2ccccc2c1-c1ccc(F)cc1. The van der Waals surface area contributed by atoms with Crippen molar-refractivity contribution in [1.82, 2.24) is 15.0 Å². The number of pyridine rings is 1. The number of nitrogens with zero attached hydrogens (tertiary/aromatic N) is 4. The van der Waals surface area contributed by atoms with Crippen LogP contribution in [0.4, 0.5) is 14.7 Å².